The maximum Gasteiger partial charge on any atom is 0.319 e. The molecule has 0 saturated carbocycles. The summed E-state index contributed by atoms with van der Waals surface area (Å²) < 4.78 is 3.09. The molecule has 0 fully saturated rings. The summed E-state index contributed by atoms with van der Waals surface area (Å²) in [6.07, 6.45) is 5.17. The number of likely N-dealkylation sites (N-methyl/N-ethyl adjacent to an activating group) is 1. The van der Waals surface area contributed by atoms with Crippen molar-refractivity contribution in [3.63, 3.8) is 0 Å². The van der Waals surface area contributed by atoms with Gasteiger partial charge in [-0.25, -0.2) is 4.79 Å². The van der Waals surface area contributed by atoms with E-state index in [9.17, 15) is 4.79 Å². The topological polar surface area (TPSA) is 49.3 Å². The van der Waals surface area contributed by atoms with Gasteiger partial charge in [-0.05, 0) is 48.9 Å². The zero-order valence-corrected chi connectivity index (χ0v) is 18.1. The van der Waals surface area contributed by atoms with E-state index in [1.54, 1.807) is 0 Å². The van der Waals surface area contributed by atoms with E-state index in [2.05, 4.69) is 55.3 Å². The van der Waals surface area contributed by atoms with Crippen molar-refractivity contribution in [3.05, 3.63) is 69.3 Å². The maximum absolute atomic E-state index is 12.4. The molecule has 0 atom stereocenters. The lowest BCUT2D eigenvalue weighted by atomic mass is 10.0. The van der Waals surface area contributed by atoms with E-state index in [1.165, 1.54) is 21.0 Å². The van der Waals surface area contributed by atoms with Crippen LogP contribution in [0.2, 0.25) is 0 Å². The summed E-state index contributed by atoms with van der Waals surface area (Å²) in [4.78, 5) is 16.3. The fraction of sp³-hybridized carbons (Fsp3) is 0.286. The Morgan fingerprint density at radius 3 is 2.82 bits per heavy atom. The summed E-state index contributed by atoms with van der Waals surface area (Å²) in [5.74, 6) is 0. The predicted molar refractivity (Wildman–Crippen MR) is 118 cm³/mol. The van der Waals surface area contributed by atoms with Gasteiger partial charge in [0.25, 0.3) is 0 Å². The number of rotatable bonds is 5. The summed E-state index contributed by atoms with van der Waals surface area (Å²) in [6, 6.07) is 11.5. The van der Waals surface area contributed by atoms with Crippen LogP contribution in [-0.2, 0) is 19.5 Å². The SMILES string of the molecule is CCN1CCc2c(sc(-n3cccc3)c2CNC(=O)Nc2cccc(Br)c2)C1. The van der Waals surface area contributed by atoms with E-state index in [0.717, 1.165) is 36.2 Å². The average molecular weight is 459 g/mol. The molecule has 0 unspecified atom stereocenters. The standard InChI is InChI=1S/C21H23BrN4OS/c1-2-25-11-8-17-18(20(28-19(17)14-25)26-9-3-4-10-26)13-23-21(27)24-16-7-5-6-15(22)12-16/h3-7,9-10,12H,2,8,11,13-14H2,1H3,(H2,23,24,27). The number of urea groups is 1. The Labute approximate surface area is 177 Å². The van der Waals surface area contributed by atoms with Crippen molar-refractivity contribution in [2.45, 2.75) is 26.4 Å². The number of hydrogen-bond donors (Lipinski definition) is 2. The number of anilines is 1. The third kappa shape index (κ3) is 4.16. The first-order chi connectivity index (χ1) is 13.6. The van der Waals surface area contributed by atoms with Crippen molar-refractivity contribution in [1.82, 2.24) is 14.8 Å². The molecule has 28 heavy (non-hydrogen) atoms. The van der Waals surface area contributed by atoms with Crippen LogP contribution in [0.3, 0.4) is 0 Å². The number of nitrogens with zero attached hydrogens (tertiary/aromatic N) is 2. The van der Waals surface area contributed by atoms with Gasteiger partial charge in [-0.3, -0.25) is 4.90 Å². The van der Waals surface area contributed by atoms with Crippen molar-refractivity contribution in [2.75, 3.05) is 18.4 Å². The highest BCUT2D eigenvalue weighted by Gasteiger charge is 2.24. The van der Waals surface area contributed by atoms with Crippen LogP contribution in [0.4, 0.5) is 10.5 Å². The van der Waals surface area contributed by atoms with Gasteiger partial charge in [0.2, 0.25) is 0 Å². The summed E-state index contributed by atoms with van der Waals surface area (Å²) in [6.45, 7) is 5.86. The van der Waals surface area contributed by atoms with Crippen molar-refractivity contribution >= 4 is 39.0 Å². The third-order valence-corrected chi connectivity index (χ3v) is 6.78. The number of nitrogens with one attached hydrogen (secondary N) is 2. The number of carbonyl (C=O) groups is 1. The highest BCUT2D eigenvalue weighted by molar-refractivity contribution is 9.10. The van der Waals surface area contributed by atoms with E-state index >= 15 is 0 Å². The monoisotopic (exact) mass is 458 g/mol. The van der Waals surface area contributed by atoms with Gasteiger partial charge in [-0.2, -0.15) is 0 Å². The second-order valence-corrected chi connectivity index (χ2v) is 8.81. The molecule has 4 rings (SSSR count). The van der Waals surface area contributed by atoms with Crippen LogP contribution in [-0.4, -0.2) is 28.6 Å². The Kier molecular flexibility index (Phi) is 5.85. The van der Waals surface area contributed by atoms with Gasteiger partial charge in [0.15, 0.2) is 0 Å². The second-order valence-electron chi connectivity index (χ2n) is 6.81. The lowest BCUT2D eigenvalue weighted by Crippen LogP contribution is -2.31. The zero-order valence-electron chi connectivity index (χ0n) is 15.7. The summed E-state index contributed by atoms with van der Waals surface area (Å²) in [5, 5.41) is 7.15. The van der Waals surface area contributed by atoms with Crippen LogP contribution < -0.4 is 10.6 Å². The first-order valence-corrected chi connectivity index (χ1v) is 11.0. The number of benzene rings is 1. The molecule has 0 aliphatic carbocycles. The predicted octanol–water partition coefficient (Wildman–Crippen LogP) is 5.00. The van der Waals surface area contributed by atoms with Crippen LogP contribution in [0.25, 0.3) is 5.00 Å². The van der Waals surface area contributed by atoms with Gasteiger partial charge in [0, 0.05) is 52.6 Å². The van der Waals surface area contributed by atoms with Gasteiger partial charge < -0.3 is 15.2 Å². The summed E-state index contributed by atoms with van der Waals surface area (Å²) >= 11 is 5.27. The Bertz CT molecular complexity index is 967. The van der Waals surface area contributed by atoms with Gasteiger partial charge in [-0.1, -0.05) is 28.9 Å². The molecule has 1 aliphatic heterocycles. The average Bonchev–Trinajstić information content (AvgIpc) is 3.33. The van der Waals surface area contributed by atoms with Crippen LogP contribution >= 0.6 is 27.3 Å². The minimum Gasteiger partial charge on any atom is -0.334 e. The maximum atomic E-state index is 12.4. The van der Waals surface area contributed by atoms with Gasteiger partial charge in [-0.15, -0.1) is 11.3 Å². The lowest BCUT2D eigenvalue weighted by Gasteiger charge is -2.25. The van der Waals surface area contributed by atoms with E-state index in [4.69, 9.17) is 0 Å². The Balaban J connectivity index is 1.53. The minimum atomic E-state index is -0.192. The van der Waals surface area contributed by atoms with Crippen LogP contribution in [0.5, 0.6) is 0 Å². The molecule has 146 valence electrons. The fourth-order valence-electron chi connectivity index (χ4n) is 3.55. The molecular formula is C21H23BrN4OS. The van der Waals surface area contributed by atoms with Crippen LogP contribution in [0.15, 0.2) is 53.3 Å². The van der Waals surface area contributed by atoms with Crippen molar-refractivity contribution in [2.24, 2.45) is 0 Å². The van der Waals surface area contributed by atoms with Crippen molar-refractivity contribution < 1.29 is 4.79 Å². The number of thiophene rings is 1. The number of hydrogen-bond acceptors (Lipinski definition) is 3. The minimum absolute atomic E-state index is 0.192. The molecular weight excluding hydrogens is 436 g/mol. The zero-order chi connectivity index (χ0) is 19.5. The molecule has 1 aliphatic rings. The molecule has 2 N–H and O–H groups in total. The van der Waals surface area contributed by atoms with Gasteiger partial charge in [0.05, 0.1) is 0 Å². The van der Waals surface area contributed by atoms with Crippen molar-refractivity contribution in [3.8, 4) is 5.00 Å². The molecule has 3 aromatic rings. The third-order valence-electron chi connectivity index (χ3n) is 5.02. The number of halogens is 1. The molecule has 2 aromatic heterocycles. The Hall–Kier alpha value is -2.09. The molecule has 0 spiro atoms. The van der Waals surface area contributed by atoms with E-state index < -0.39 is 0 Å². The fourth-order valence-corrected chi connectivity index (χ4v) is 5.32. The van der Waals surface area contributed by atoms with Crippen LogP contribution in [0.1, 0.15) is 22.9 Å². The first kappa shape index (κ1) is 19.2. The van der Waals surface area contributed by atoms with Crippen molar-refractivity contribution in [1.29, 1.82) is 0 Å². The van der Waals surface area contributed by atoms with Gasteiger partial charge >= 0.3 is 6.03 Å². The van der Waals surface area contributed by atoms with E-state index in [0.29, 0.717) is 6.54 Å². The number of fused-ring (bicyclic) bond motifs is 1. The van der Waals surface area contributed by atoms with Crippen LogP contribution in [0, 0.1) is 0 Å². The number of aromatic nitrogens is 1. The number of carbonyl (C=O) groups excluding carboxylic acids is 1. The molecule has 3 heterocycles. The molecule has 1 aromatic carbocycles. The van der Waals surface area contributed by atoms with E-state index in [1.807, 2.05) is 47.7 Å². The number of amides is 2. The molecule has 0 saturated heterocycles. The highest BCUT2D eigenvalue weighted by Crippen LogP contribution is 2.35. The quantitative estimate of drug-likeness (QED) is 0.564. The normalized spacial score (nSPS) is 13.9. The molecule has 7 heteroatoms. The molecule has 2 amide bonds. The van der Waals surface area contributed by atoms with E-state index in [-0.39, 0.29) is 6.03 Å². The Morgan fingerprint density at radius 1 is 1.25 bits per heavy atom. The largest absolute Gasteiger partial charge is 0.334 e. The molecule has 5 nitrogen and oxygen atoms in total. The summed E-state index contributed by atoms with van der Waals surface area (Å²) in [7, 11) is 0. The molecule has 0 radical (unpaired) electrons. The smallest absolute Gasteiger partial charge is 0.319 e. The Morgan fingerprint density at radius 2 is 2.07 bits per heavy atom. The lowest BCUT2D eigenvalue weighted by molar-refractivity contribution is 0.251. The summed E-state index contributed by atoms with van der Waals surface area (Å²) in [5.41, 5.74) is 3.40. The first-order valence-electron chi connectivity index (χ1n) is 9.43. The highest BCUT2D eigenvalue weighted by atomic mass is 79.9. The molecule has 0 bridgehead atoms. The van der Waals surface area contributed by atoms with Gasteiger partial charge in [0.1, 0.15) is 5.00 Å². The second kappa shape index (κ2) is 8.51.